The molecule has 1 saturated heterocycles. The summed E-state index contributed by atoms with van der Waals surface area (Å²) in [5.41, 5.74) is 0.904. The molecule has 1 aliphatic heterocycles. The maximum Gasteiger partial charge on any atom is 0.259 e. The van der Waals surface area contributed by atoms with E-state index in [-0.39, 0.29) is 11.9 Å². The van der Waals surface area contributed by atoms with Crippen LogP contribution in [0.1, 0.15) is 11.6 Å². The summed E-state index contributed by atoms with van der Waals surface area (Å²) >= 11 is 1.49. The number of β-lactam (4-membered cyclic amide) rings is 1. The Hall–Kier alpha value is -1.85. The van der Waals surface area contributed by atoms with Crippen molar-refractivity contribution in [2.45, 2.75) is 12.1 Å². The Morgan fingerprint density at radius 1 is 1.26 bits per heavy atom. The van der Waals surface area contributed by atoms with Crippen LogP contribution in [-0.4, -0.2) is 24.2 Å². The maximum atomic E-state index is 11.8. The number of aliphatic hydroxyl groups excluding tert-OH is 1. The summed E-state index contributed by atoms with van der Waals surface area (Å²) in [6, 6.07) is 10.9. The number of methoxy groups -OCH3 is 1. The number of rotatable bonds is 3. The summed E-state index contributed by atoms with van der Waals surface area (Å²) in [6.45, 7) is 0. The van der Waals surface area contributed by atoms with Crippen molar-refractivity contribution in [3.05, 3.63) is 47.3 Å². The van der Waals surface area contributed by atoms with Gasteiger partial charge in [0, 0.05) is 0 Å². The second-order valence-electron chi connectivity index (χ2n) is 4.32. The third-order valence-electron chi connectivity index (χ3n) is 3.27. The molecule has 2 atom stereocenters. The second-order valence-corrected chi connectivity index (χ2v) is 5.25. The molecule has 2 heterocycles. The van der Waals surface area contributed by atoms with Gasteiger partial charge in [0.2, 0.25) is 0 Å². The Balaban J connectivity index is 1.91. The maximum absolute atomic E-state index is 11.8. The van der Waals surface area contributed by atoms with E-state index in [0.29, 0.717) is 0 Å². The van der Waals surface area contributed by atoms with Gasteiger partial charge < -0.3 is 9.84 Å². The fourth-order valence-electron chi connectivity index (χ4n) is 2.26. The number of aliphatic hydroxyl groups is 1. The molecule has 1 aliphatic rings. The lowest BCUT2D eigenvalue weighted by Gasteiger charge is -2.43. The van der Waals surface area contributed by atoms with Crippen LogP contribution >= 0.6 is 11.3 Å². The lowest BCUT2D eigenvalue weighted by molar-refractivity contribution is -0.136. The van der Waals surface area contributed by atoms with Crippen molar-refractivity contribution in [3.63, 3.8) is 0 Å². The van der Waals surface area contributed by atoms with Gasteiger partial charge in [0.1, 0.15) is 5.75 Å². The van der Waals surface area contributed by atoms with Crippen LogP contribution in [0.5, 0.6) is 5.75 Å². The fraction of sp³-hybridized carbons (Fsp3) is 0.214. The van der Waals surface area contributed by atoms with Gasteiger partial charge in [-0.25, -0.2) is 0 Å². The molecular weight excluding hydrogens is 262 g/mol. The molecule has 1 fully saturated rings. The lowest BCUT2D eigenvalue weighted by atomic mass is 9.91. The smallest absolute Gasteiger partial charge is 0.259 e. The number of carbonyl (C=O) groups is 1. The Labute approximate surface area is 114 Å². The number of ether oxygens (including phenoxy) is 1. The van der Waals surface area contributed by atoms with Gasteiger partial charge in [0.25, 0.3) is 5.91 Å². The standard InChI is InChI=1S/C14H13NO3S/c1-18-10-6-4-9(5-7-10)12-13(16)14(17)15(12)11-3-2-8-19-11/h2-8,12-13,16H,1H3. The first kappa shape index (κ1) is 12.2. The van der Waals surface area contributed by atoms with Gasteiger partial charge in [-0.05, 0) is 35.2 Å². The van der Waals surface area contributed by atoms with E-state index in [9.17, 15) is 9.90 Å². The van der Waals surface area contributed by atoms with Crippen LogP contribution in [0.4, 0.5) is 5.00 Å². The summed E-state index contributed by atoms with van der Waals surface area (Å²) in [5, 5.41) is 12.7. The molecular formula is C14H13NO3S. The molecule has 2 aromatic rings. The predicted molar refractivity (Wildman–Crippen MR) is 73.5 cm³/mol. The van der Waals surface area contributed by atoms with Crippen molar-refractivity contribution in [2.75, 3.05) is 12.0 Å². The second kappa shape index (κ2) is 4.68. The predicted octanol–water partition coefficient (Wildman–Crippen LogP) is 2.21. The van der Waals surface area contributed by atoms with E-state index in [1.54, 1.807) is 12.0 Å². The van der Waals surface area contributed by atoms with Crippen LogP contribution in [0.25, 0.3) is 0 Å². The van der Waals surface area contributed by atoms with Gasteiger partial charge in [-0.15, -0.1) is 11.3 Å². The number of benzene rings is 1. The molecule has 1 aromatic heterocycles. The van der Waals surface area contributed by atoms with Gasteiger partial charge >= 0.3 is 0 Å². The van der Waals surface area contributed by atoms with Gasteiger partial charge in [-0.1, -0.05) is 12.1 Å². The van der Waals surface area contributed by atoms with E-state index in [1.165, 1.54) is 11.3 Å². The van der Waals surface area contributed by atoms with Gasteiger partial charge in [0.05, 0.1) is 18.2 Å². The molecule has 2 unspecified atom stereocenters. The first-order chi connectivity index (χ1) is 9.22. The molecule has 4 nitrogen and oxygen atoms in total. The molecule has 0 spiro atoms. The van der Waals surface area contributed by atoms with Gasteiger partial charge in [0.15, 0.2) is 6.10 Å². The number of amides is 1. The molecule has 1 N–H and O–H groups in total. The van der Waals surface area contributed by atoms with Crippen LogP contribution in [0.2, 0.25) is 0 Å². The van der Waals surface area contributed by atoms with E-state index in [2.05, 4.69) is 0 Å². The van der Waals surface area contributed by atoms with Crippen molar-refractivity contribution >= 4 is 22.2 Å². The Morgan fingerprint density at radius 3 is 2.58 bits per heavy atom. The third-order valence-corrected chi connectivity index (χ3v) is 4.14. The minimum Gasteiger partial charge on any atom is -0.497 e. The Kier molecular flexibility index (Phi) is 3.00. The van der Waals surface area contributed by atoms with Gasteiger partial charge in [-0.3, -0.25) is 9.69 Å². The first-order valence-electron chi connectivity index (χ1n) is 5.91. The summed E-state index contributed by atoms with van der Waals surface area (Å²) in [7, 11) is 1.61. The quantitative estimate of drug-likeness (QED) is 0.874. The van der Waals surface area contributed by atoms with E-state index >= 15 is 0 Å². The molecule has 19 heavy (non-hydrogen) atoms. The highest BCUT2D eigenvalue weighted by atomic mass is 32.1. The molecule has 0 bridgehead atoms. The van der Waals surface area contributed by atoms with Gasteiger partial charge in [-0.2, -0.15) is 0 Å². The molecule has 5 heteroatoms. The number of nitrogens with zero attached hydrogens (tertiary/aromatic N) is 1. The first-order valence-corrected chi connectivity index (χ1v) is 6.79. The SMILES string of the molecule is COc1ccc(C2C(O)C(=O)N2c2cccs2)cc1. The van der Waals surface area contributed by atoms with Crippen molar-refractivity contribution in [2.24, 2.45) is 0 Å². The van der Waals surface area contributed by atoms with Crippen molar-refractivity contribution in [1.29, 1.82) is 0 Å². The average Bonchev–Trinajstić information content (AvgIpc) is 2.97. The molecule has 0 saturated carbocycles. The average molecular weight is 275 g/mol. The zero-order valence-corrected chi connectivity index (χ0v) is 11.1. The van der Waals surface area contributed by atoms with E-state index < -0.39 is 6.10 Å². The van der Waals surface area contributed by atoms with Crippen molar-refractivity contribution in [3.8, 4) is 5.75 Å². The zero-order chi connectivity index (χ0) is 13.4. The molecule has 3 rings (SSSR count). The monoisotopic (exact) mass is 275 g/mol. The molecule has 1 amide bonds. The number of anilines is 1. The third kappa shape index (κ3) is 1.91. The number of thiophene rings is 1. The van der Waals surface area contributed by atoms with Crippen molar-refractivity contribution < 1.29 is 14.6 Å². The molecule has 98 valence electrons. The molecule has 1 aromatic carbocycles. The number of hydrogen-bond acceptors (Lipinski definition) is 4. The summed E-state index contributed by atoms with van der Waals surface area (Å²) in [4.78, 5) is 13.5. The zero-order valence-electron chi connectivity index (χ0n) is 10.3. The minimum absolute atomic E-state index is 0.247. The fourth-order valence-corrected chi connectivity index (χ4v) is 3.03. The normalized spacial score (nSPS) is 22.2. The van der Waals surface area contributed by atoms with E-state index in [0.717, 1.165) is 16.3 Å². The topological polar surface area (TPSA) is 49.8 Å². The van der Waals surface area contributed by atoms with E-state index in [1.807, 2.05) is 41.8 Å². The highest BCUT2D eigenvalue weighted by Gasteiger charge is 2.48. The van der Waals surface area contributed by atoms with Crippen LogP contribution in [0.15, 0.2) is 41.8 Å². The van der Waals surface area contributed by atoms with Crippen LogP contribution < -0.4 is 9.64 Å². The lowest BCUT2D eigenvalue weighted by Crippen LogP contribution is -2.58. The Bertz CT molecular complexity index is 579. The summed E-state index contributed by atoms with van der Waals surface area (Å²) < 4.78 is 5.11. The van der Waals surface area contributed by atoms with Crippen LogP contribution in [0, 0.1) is 0 Å². The number of hydrogen-bond donors (Lipinski definition) is 1. The molecule has 0 radical (unpaired) electrons. The number of carbonyl (C=O) groups excluding carboxylic acids is 1. The highest BCUT2D eigenvalue weighted by molar-refractivity contribution is 7.14. The minimum atomic E-state index is -0.963. The van der Waals surface area contributed by atoms with E-state index in [4.69, 9.17) is 4.74 Å². The summed E-state index contributed by atoms with van der Waals surface area (Å²) in [6.07, 6.45) is -0.963. The largest absolute Gasteiger partial charge is 0.497 e. The van der Waals surface area contributed by atoms with Crippen molar-refractivity contribution in [1.82, 2.24) is 0 Å². The summed E-state index contributed by atoms with van der Waals surface area (Å²) in [5.74, 6) is 0.509. The molecule has 0 aliphatic carbocycles. The highest BCUT2D eigenvalue weighted by Crippen LogP contribution is 2.41. The van der Waals surface area contributed by atoms with Crippen LogP contribution in [0.3, 0.4) is 0 Å². The Morgan fingerprint density at radius 2 is 2.00 bits per heavy atom. The van der Waals surface area contributed by atoms with Crippen LogP contribution in [-0.2, 0) is 4.79 Å².